The first kappa shape index (κ1) is 11.6. The van der Waals surface area contributed by atoms with E-state index in [1.807, 2.05) is 31.2 Å². The Morgan fingerprint density at radius 2 is 1.87 bits per heavy atom. The molecule has 0 aromatic heterocycles. The van der Waals surface area contributed by atoms with Gasteiger partial charge in [0.1, 0.15) is 11.4 Å². The van der Waals surface area contributed by atoms with Crippen molar-refractivity contribution in [3.05, 3.63) is 29.8 Å². The molecule has 0 heterocycles. The summed E-state index contributed by atoms with van der Waals surface area (Å²) in [6.07, 6.45) is -0.0130. The molecule has 0 unspecified atom stereocenters. The Labute approximate surface area is 89.7 Å². The van der Waals surface area contributed by atoms with Gasteiger partial charge in [-0.1, -0.05) is 17.7 Å². The minimum atomic E-state index is -0.855. The van der Waals surface area contributed by atoms with Crippen LogP contribution in [0.25, 0.3) is 0 Å². The van der Waals surface area contributed by atoms with Crippen LogP contribution in [0.4, 0.5) is 0 Å². The fourth-order valence-corrected chi connectivity index (χ4v) is 1.33. The van der Waals surface area contributed by atoms with Crippen LogP contribution < -0.4 is 4.74 Å². The zero-order chi connectivity index (χ0) is 11.5. The van der Waals surface area contributed by atoms with Crippen molar-refractivity contribution in [2.45, 2.75) is 32.8 Å². The Morgan fingerprint density at radius 1 is 1.33 bits per heavy atom. The highest BCUT2D eigenvalue weighted by atomic mass is 16.5. The first-order chi connectivity index (χ1) is 6.89. The van der Waals surface area contributed by atoms with Gasteiger partial charge in [0.2, 0.25) is 0 Å². The molecule has 0 bridgehead atoms. The lowest BCUT2D eigenvalue weighted by atomic mass is 10.1. The molecular formula is C12H16O3. The van der Waals surface area contributed by atoms with Gasteiger partial charge in [-0.15, -0.1) is 0 Å². The molecule has 3 nitrogen and oxygen atoms in total. The van der Waals surface area contributed by atoms with Gasteiger partial charge in [-0.25, -0.2) is 0 Å². The van der Waals surface area contributed by atoms with E-state index in [0.717, 1.165) is 5.56 Å². The topological polar surface area (TPSA) is 46.5 Å². The highest BCUT2D eigenvalue weighted by molar-refractivity contribution is 5.68. The molecule has 0 saturated heterocycles. The summed E-state index contributed by atoms with van der Waals surface area (Å²) in [6, 6.07) is 7.57. The third-order valence-electron chi connectivity index (χ3n) is 1.99. The van der Waals surface area contributed by atoms with Gasteiger partial charge in [-0.2, -0.15) is 0 Å². The van der Waals surface area contributed by atoms with Crippen molar-refractivity contribution in [2.75, 3.05) is 0 Å². The molecular weight excluding hydrogens is 192 g/mol. The average Bonchev–Trinajstić information content (AvgIpc) is 2.06. The van der Waals surface area contributed by atoms with Crippen molar-refractivity contribution in [1.29, 1.82) is 0 Å². The lowest BCUT2D eigenvalue weighted by molar-refractivity contribution is -0.140. The second kappa shape index (κ2) is 4.34. The second-order valence-corrected chi connectivity index (χ2v) is 4.25. The number of benzene rings is 1. The van der Waals surface area contributed by atoms with Gasteiger partial charge in [0.05, 0.1) is 6.42 Å². The molecule has 1 aromatic carbocycles. The van der Waals surface area contributed by atoms with E-state index in [2.05, 4.69) is 0 Å². The molecule has 0 saturated carbocycles. The predicted molar refractivity (Wildman–Crippen MR) is 58.1 cm³/mol. The highest BCUT2D eigenvalue weighted by Crippen LogP contribution is 2.21. The number of aryl methyl sites for hydroxylation is 1. The monoisotopic (exact) mass is 208 g/mol. The summed E-state index contributed by atoms with van der Waals surface area (Å²) >= 11 is 0. The summed E-state index contributed by atoms with van der Waals surface area (Å²) in [7, 11) is 0. The average molecular weight is 208 g/mol. The van der Waals surface area contributed by atoms with E-state index in [0.29, 0.717) is 5.75 Å². The minimum absolute atomic E-state index is 0.0130. The molecule has 0 spiro atoms. The largest absolute Gasteiger partial charge is 0.487 e. The van der Waals surface area contributed by atoms with E-state index in [1.54, 1.807) is 13.8 Å². The zero-order valence-corrected chi connectivity index (χ0v) is 9.28. The SMILES string of the molecule is Cc1ccc(OC(C)(C)CC(=O)O)cc1. The summed E-state index contributed by atoms with van der Waals surface area (Å²) in [5.74, 6) is -0.154. The summed E-state index contributed by atoms with van der Waals surface area (Å²) in [5, 5.41) is 8.69. The Balaban J connectivity index is 2.68. The highest BCUT2D eigenvalue weighted by Gasteiger charge is 2.23. The lowest BCUT2D eigenvalue weighted by Crippen LogP contribution is -2.31. The maximum atomic E-state index is 10.6. The first-order valence-electron chi connectivity index (χ1n) is 4.86. The molecule has 3 heteroatoms. The molecule has 82 valence electrons. The van der Waals surface area contributed by atoms with Gasteiger partial charge in [-0.05, 0) is 32.9 Å². The molecule has 0 radical (unpaired) electrons. The molecule has 1 aromatic rings. The Hall–Kier alpha value is -1.51. The van der Waals surface area contributed by atoms with Crippen LogP contribution in [0.5, 0.6) is 5.75 Å². The molecule has 0 aliphatic carbocycles. The maximum absolute atomic E-state index is 10.6. The quantitative estimate of drug-likeness (QED) is 0.827. The van der Waals surface area contributed by atoms with Crippen LogP contribution in [0.2, 0.25) is 0 Å². The number of hydrogen-bond acceptors (Lipinski definition) is 2. The molecule has 0 atom stereocenters. The summed E-state index contributed by atoms with van der Waals surface area (Å²) in [4.78, 5) is 10.6. The van der Waals surface area contributed by atoms with E-state index in [-0.39, 0.29) is 6.42 Å². The van der Waals surface area contributed by atoms with E-state index in [4.69, 9.17) is 9.84 Å². The van der Waals surface area contributed by atoms with Gasteiger partial charge >= 0.3 is 5.97 Å². The van der Waals surface area contributed by atoms with Gasteiger partial charge in [0, 0.05) is 0 Å². The second-order valence-electron chi connectivity index (χ2n) is 4.25. The number of carboxylic acids is 1. The maximum Gasteiger partial charge on any atom is 0.307 e. The molecule has 0 aliphatic heterocycles. The van der Waals surface area contributed by atoms with Crippen molar-refractivity contribution >= 4 is 5.97 Å². The number of aliphatic carboxylic acids is 1. The van der Waals surface area contributed by atoms with Crippen molar-refractivity contribution in [1.82, 2.24) is 0 Å². The summed E-state index contributed by atoms with van der Waals surface area (Å²) in [6.45, 7) is 5.52. The molecule has 1 rings (SSSR count). The number of carbonyl (C=O) groups is 1. The van der Waals surface area contributed by atoms with Gasteiger partial charge in [0.15, 0.2) is 0 Å². The standard InChI is InChI=1S/C12H16O3/c1-9-4-6-10(7-5-9)15-12(2,3)8-11(13)14/h4-7H,8H2,1-3H3,(H,13,14). The zero-order valence-electron chi connectivity index (χ0n) is 9.28. The van der Waals surface area contributed by atoms with Crippen LogP contribution in [-0.4, -0.2) is 16.7 Å². The summed E-state index contributed by atoms with van der Waals surface area (Å²) < 4.78 is 5.59. The van der Waals surface area contributed by atoms with Crippen LogP contribution in [0.1, 0.15) is 25.8 Å². The van der Waals surface area contributed by atoms with Gasteiger partial charge in [-0.3, -0.25) is 4.79 Å². The van der Waals surface area contributed by atoms with Crippen LogP contribution in [0.3, 0.4) is 0 Å². The van der Waals surface area contributed by atoms with Crippen molar-refractivity contribution < 1.29 is 14.6 Å². The Kier molecular flexibility index (Phi) is 3.35. The van der Waals surface area contributed by atoms with Crippen molar-refractivity contribution in [2.24, 2.45) is 0 Å². The fraction of sp³-hybridized carbons (Fsp3) is 0.417. The third kappa shape index (κ3) is 4.02. The Morgan fingerprint density at radius 3 is 2.33 bits per heavy atom. The lowest BCUT2D eigenvalue weighted by Gasteiger charge is -2.24. The van der Waals surface area contributed by atoms with E-state index >= 15 is 0 Å². The minimum Gasteiger partial charge on any atom is -0.487 e. The Bertz CT molecular complexity index is 338. The summed E-state index contributed by atoms with van der Waals surface area (Å²) in [5.41, 5.74) is 0.472. The fourth-order valence-electron chi connectivity index (χ4n) is 1.33. The van der Waals surface area contributed by atoms with E-state index in [9.17, 15) is 4.79 Å². The van der Waals surface area contributed by atoms with Crippen LogP contribution in [-0.2, 0) is 4.79 Å². The van der Waals surface area contributed by atoms with Crippen LogP contribution >= 0.6 is 0 Å². The normalized spacial score (nSPS) is 11.1. The molecule has 0 amide bonds. The first-order valence-corrected chi connectivity index (χ1v) is 4.86. The van der Waals surface area contributed by atoms with Crippen LogP contribution in [0, 0.1) is 6.92 Å². The van der Waals surface area contributed by atoms with Crippen molar-refractivity contribution in [3.8, 4) is 5.75 Å². The van der Waals surface area contributed by atoms with Crippen LogP contribution in [0.15, 0.2) is 24.3 Å². The third-order valence-corrected chi connectivity index (χ3v) is 1.99. The number of hydrogen-bond donors (Lipinski definition) is 1. The number of carboxylic acid groups (broad SMARTS) is 1. The molecule has 0 aliphatic rings. The number of ether oxygens (including phenoxy) is 1. The smallest absolute Gasteiger partial charge is 0.307 e. The van der Waals surface area contributed by atoms with Gasteiger partial charge < -0.3 is 9.84 Å². The van der Waals surface area contributed by atoms with Crippen molar-refractivity contribution in [3.63, 3.8) is 0 Å². The number of rotatable bonds is 4. The molecule has 15 heavy (non-hydrogen) atoms. The molecule has 1 N–H and O–H groups in total. The van der Waals surface area contributed by atoms with Gasteiger partial charge in [0.25, 0.3) is 0 Å². The van der Waals surface area contributed by atoms with E-state index in [1.165, 1.54) is 0 Å². The molecule has 0 fully saturated rings. The predicted octanol–water partition coefficient (Wildman–Crippen LogP) is 2.63. The van der Waals surface area contributed by atoms with E-state index < -0.39 is 11.6 Å².